The van der Waals surface area contributed by atoms with Crippen molar-refractivity contribution in [3.63, 3.8) is 0 Å². The molecule has 1 unspecified atom stereocenters. The van der Waals surface area contributed by atoms with E-state index in [1.54, 1.807) is 0 Å². The van der Waals surface area contributed by atoms with Crippen molar-refractivity contribution in [2.24, 2.45) is 5.92 Å². The Morgan fingerprint density at radius 3 is 2.30 bits per heavy atom. The Balaban J connectivity index is 1.57. The lowest BCUT2D eigenvalue weighted by Crippen LogP contribution is -2.43. The van der Waals surface area contributed by atoms with Crippen LogP contribution >= 0.6 is 0 Å². The van der Waals surface area contributed by atoms with Crippen LogP contribution < -0.4 is 5.32 Å². The highest BCUT2D eigenvalue weighted by Crippen LogP contribution is 2.35. The van der Waals surface area contributed by atoms with E-state index in [4.69, 9.17) is 0 Å². The van der Waals surface area contributed by atoms with E-state index < -0.39 is 0 Å². The van der Waals surface area contributed by atoms with Crippen molar-refractivity contribution in [3.8, 4) is 0 Å². The molecule has 0 bridgehead atoms. The van der Waals surface area contributed by atoms with Crippen molar-refractivity contribution < 1.29 is 5.11 Å². The zero-order valence-corrected chi connectivity index (χ0v) is 12.5. The third kappa shape index (κ3) is 3.83. The van der Waals surface area contributed by atoms with E-state index in [-0.39, 0.29) is 6.10 Å². The van der Waals surface area contributed by atoms with Gasteiger partial charge >= 0.3 is 0 Å². The highest BCUT2D eigenvalue weighted by Gasteiger charge is 2.33. The van der Waals surface area contributed by atoms with Gasteiger partial charge in [-0.25, -0.2) is 0 Å². The van der Waals surface area contributed by atoms with Gasteiger partial charge in [-0.3, -0.25) is 0 Å². The van der Waals surface area contributed by atoms with E-state index in [1.807, 2.05) is 0 Å². The quantitative estimate of drug-likeness (QED) is 0.863. The van der Waals surface area contributed by atoms with Crippen LogP contribution in [0.2, 0.25) is 0 Å². The van der Waals surface area contributed by atoms with Crippen LogP contribution in [0, 0.1) is 12.8 Å². The van der Waals surface area contributed by atoms with Gasteiger partial charge in [0.25, 0.3) is 0 Å². The number of aliphatic hydroxyl groups excluding tert-OH is 1. The normalized spacial score (nSPS) is 28.3. The van der Waals surface area contributed by atoms with Crippen molar-refractivity contribution in [1.82, 2.24) is 5.32 Å². The minimum absolute atomic E-state index is 0.0514. The molecule has 0 heterocycles. The Morgan fingerprint density at radius 2 is 1.70 bits per heavy atom. The standard InChI is InChI=1S/C18H27NO/c1-13-2-4-14(5-3-13)12-18(15-6-7-15)19-16-8-10-17(20)11-9-16/h2-5,15-20H,6-12H2,1H3. The van der Waals surface area contributed by atoms with Gasteiger partial charge in [0.1, 0.15) is 0 Å². The molecule has 0 saturated heterocycles. The molecule has 0 spiro atoms. The second-order valence-corrected chi connectivity index (χ2v) is 6.81. The van der Waals surface area contributed by atoms with Crippen LogP contribution in [0.3, 0.4) is 0 Å². The molecule has 0 aliphatic heterocycles. The Hall–Kier alpha value is -0.860. The van der Waals surface area contributed by atoms with Crippen molar-refractivity contribution in [1.29, 1.82) is 0 Å². The van der Waals surface area contributed by atoms with Gasteiger partial charge < -0.3 is 10.4 Å². The number of hydrogen-bond donors (Lipinski definition) is 2. The van der Waals surface area contributed by atoms with E-state index in [0.717, 1.165) is 38.0 Å². The second kappa shape index (κ2) is 6.28. The minimum Gasteiger partial charge on any atom is -0.393 e. The molecule has 2 heteroatoms. The van der Waals surface area contributed by atoms with Crippen molar-refractivity contribution >= 4 is 0 Å². The van der Waals surface area contributed by atoms with Gasteiger partial charge in [-0.2, -0.15) is 0 Å². The van der Waals surface area contributed by atoms with Crippen LogP contribution in [0.25, 0.3) is 0 Å². The van der Waals surface area contributed by atoms with Gasteiger partial charge in [0.2, 0.25) is 0 Å². The lowest BCUT2D eigenvalue weighted by atomic mass is 9.91. The fourth-order valence-electron chi connectivity index (χ4n) is 3.38. The highest BCUT2D eigenvalue weighted by molar-refractivity contribution is 5.22. The number of benzene rings is 1. The van der Waals surface area contributed by atoms with Crippen molar-refractivity contribution in [2.75, 3.05) is 0 Å². The molecule has 2 fully saturated rings. The number of aryl methyl sites for hydroxylation is 1. The summed E-state index contributed by atoms with van der Waals surface area (Å²) >= 11 is 0. The van der Waals surface area contributed by atoms with Gasteiger partial charge in [0.15, 0.2) is 0 Å². The molecule has 0 aromatic heterocycles. The van der Waals surface area contributed by atoms with Gasteiger partial charge in [0, 0.05) is 12.1 Å². The fraction of sp³-hybridized carbons (Fsp3) is 0.667. The zero-order valence-electron chi connectivity index (χ0n) is 12.5. The number of hydrogen-bond acceptors (Lipinski definition) is 2. The van der Waals surface area contributed by atoms with E-state index in [0.29, 0.717) is 12.1 Å². The first-order valence-electron chi connectivity index (χ1n) is 8.20. The first kappa shape index (κ1) is 14.1. The SMILES string of the molecule is Cc1ccc(CC(NC2CCC(O)CC2)C2CC2)cc1. The maximum Gasteiger partial charge on any atom is 0.0541 e. The molecular formula is C18H27NO. The number of nitrogens with one attached hydrogen (secondary N) is 1. The highest BCUT2D eigenvalue weighted by atomic mass is 16.3. The van der Waals surface area contributed by atoms with E-state index in [2.05, 4.69) is 36.5 Å². The molecule has 2 N–H and O–H groups in total. The van der Waals surface area contributed by atoms with Crippen LogP contribution in [-0.2, 0) is 6.42 Å². The third-order valence-electron chi connectivity index (χ3n) is 4.91. The van der Waals surface area contributed by atoms with E-state index in [9.17, 15) is 5.11 Å². The monoisotopic (exact) mass is 273 g/mol. The summed E-state index contributed by atoms with van der Waals surface area (Å²) in [5.74, 6) is 0.878. The summed E-state index contributed by atoms with van der Waals surface area (Å²) in [6.07, 6.45) is 8.10. The van der Waals surface area contributed by atoms with Gasteiger partial charge in [-0.15, -0.1) is 0 Å². The van der Waals surface area contributed by atoms with Gasteiger partial charge in [0.05, 0.1) is 6.10 Å². The van der Waals surface area contributed by atoms with Crippen LogP contribution in [0.5, 0.6) is 0 Å². The summed E-state index contributed by atoms with van der Waals surface area (Å²) in [7, 11) is 0. The third-order valence-corrected chi connectivity index (χ3v) is 4.91. The summed E-state index contributed by atoms with van der Waals surface area (Å²) in [6.45, 7) is 2.15. The van der Waals surface area contributed by atoms with Crippen LogP contribution in [0.15, 0.2) is 24.3 Å². The fourth-order valence-corrected chi connectivity index (χ4v) is 3.38. The van der Waals surface area contributed by atoms with Gasteiger partial charge in [-0.05, 0) is 63.4 Å². The molecule has 2 aliphatic carbocycles. The summed E-state index contributed by atoms with van der Waals surface area (Å²) in [4.78, 5) is 0. The minimum atomic E-state index is -0.0514. The summed E-state index contributed by atoms with van der Waals surface area (Å²) in [5, 5.41) is 13.5. The Morgan fingerprint density at radius 1 is 1.05 bits per heavy atom. The van der Waals surface area contributed by atoms with Crippen LogP contribution in [-0.4, -0.2) is 23.3 Å². The molecule has 0 amide bonds. The number of rotatable bonds is 5. The van der Waals surface area contributed by atoms with Gasteiger partial charge in [-0.1, -0.05) is 29.8 Å². The summed E-state index contributed by atoms with van der Waals surface area (Å²) < 4.78 is 0. The average Bonchev–Trinajstić information content (AvgIpc) is 3.27. The van der Waals surface area contributed by atoms with E-state index in [1.165, 1.54) is 24.0 Å². The van der Waals surface area contributed by atoms with Crippen LogP contribution in [0.4, 0.5) is 0 Å². The lowest BCUT2D eigenvalue weighted by Gasteiger charge is -2.30. The predicted octanol–water partition coefficient (Wildman–Crippen LogP) is 3.21. The lowest BCUT2D eigenvalue weighted by molar-refractivity contribution is 0.113. The zero-order chi connectivity index (χ0) is 13.9. The molecule has 3 rings (SSSR count). The maximum atomic E-state index is 9.62. The predicted molar refractivity (Wildman–Crippen MR) is 82.8 cm³/mol. The molecule has 2 saturated carbocycles. The molecular weight excluding hydrogens is 246 g/mol. The second-order valence-electron chi connectivity index (χ2n) is 6.81. The smallest absolute Gasteiger partial charge is 0.0541 e. The first-order chi connectivity index (χ1) is 9.70. The molecule has 1 aromatic carbocycles. The molecule has 2 nitrogen and oxygen atoms in total. The molecule has 1 atom stereocenters. The van der Waals surface area contributed by atoms with Crippen molar-refractivity contribution in [3.05, 3.63) is 35.4 Å². The number of aliphatic hydroxyl groups is 1. The topological polar surface area (TPSA) is 32.3 Å². The van der Waals surface area contributed by atoms with E-state index >= 15 is 0 Å². The first-order valence-corrected chi connectivity index (χ1v) is 8.20. The molecule has 2 aliphatic rings. The Labute approximate surface area is 122 Å². The molecule has 1 aromatic rings. The molecule has 110 valence electrons. The summed E-state index contributed by atoms with van der Waals surface area (Å²) in [6, 6.07) is 10.2. The summed E-state index contributed by atoms with van der Waals surface area (Å²) in [5.41, 5.74) is 2.79. The Bertz CT molecular complexity index is 416. The largest absolute Gasteiger partial charge is 0.393 e. The molecule has 20 heavy (non-hydrogen) atoms. The van der Waals surface area contributed by atoms with Crippen LogP contribution in [0.1, 0.15) is 49.7 Å². The Kier molecular flexibility index (Phi) is 4.42. The van der Waals surface area contributed by atoms with Crippen molar-refractivity contribution in [2.45, 2.75) is 70.1 Å². The maximum absolute atomic E-state index is 9.62. The molecule has 0 radical (unpaired) electrons. The average molecular weight is 273 g/mol.